The number of anilines is 1. The molecule has 1 aromatic heterocycles. The van der Waals surface area contributed by atoms with E-state index in [0.29, 0.717) is 13.2 Å². The number of hydrogen-bond acceptors (Lipinski definition) is 5. The maximum Gasteiger partial charge on any atom is 0.248 e. The highest BCUT2D eigenvalue weighted by Crippen LogP contribution is 2.16. The van der Waals surface area contributed by atoms with E-state index in [1.165, 1.54) is 6.08 Å². The van der Waals surface area contributed by atoms with Gasteiger partial charge in [0.25, 0.3) is 0 Å². The van der Waals surface area contributed by atoms with E-state index >= 15 is 0 Å². The first-order valence-electron chi connectivity index (χ1n) is 8.83. The fourth-order valence-corrected chi connectivity index (χ4v) is 3.17. The van der Waals surface area contributed by atoms with Gasteiger partial charge in [-0.2, -0.15) is 0 Å². The van der Waals surface area contributed by atoms with Gasteiger partial charge in [-0.15, -0.1) is 11.3 Å². The summed E-state index contributed by atoms with van der Waals surface area (Å²) >= 11 is 1.61. The van der Waals surface area contributed by atoms with Crippen LogP contribution in [0.15, 0.2) is 60.0 Å². The van der Waals surface area contributed by atoms with Crippen LogP contribution in [0.25, 0.3) is 6.08 Å². The van der Waals surface area contributed by atoms with Crippen molar-refractivity contribution in [1.82, 2.24) is 4.98 Å². The zero-order valence-electron chi connectivity index (χ0n) is 15.8. The highest BCUT2D eigenvalue weighted by atomic mass is 32.1. The Balaban J connectivity index is 1.52. The van der Waals surface area contributed by atoms with Crippen molar-refractivity contribution < 1.29 is 14.3 Å². The minimum atomic E-state index is -0.186. The average Bonchev–Trinajstić information content (AvgIpc) is 3.11. The van der Waals surface area contributed by atoms with Gasteiger partial charge in [0.1, 0.15) is 12.4 Å². The molecule has 0 fully saturated rings. The summed E-state index contributed by atoms with van der Waals surface area (Å²) in [5, 5.41) is 5.88. The van der Waals surface area contributed by atoms with Crippen LogP contribution in [0.1, 0.15) is 21.8 Å². The predicted molar refractivity (Wildman–Crippen MR) is 112 cm³/mol. The summed E-state index contributed by atoms with van der Waals surface area (Å²) in [5.74, 6) is 0.580. The maximum atomic E-state index is 12.1. The summed E-state index contributed by atoms with van der Waals surface area (Å²) in [5.41, 5.74) is 3.59. The number of nitrogens with one attached hydrogen (secondary N) is 1. The molecule has 1 amide bonds. The van der Waals surface area contributed by atoms with Crippen LogP contribution in [0.5, 0.6) is 5.75 Å². The number of aryl methyl sites for hydroxylation is 1. The molecule has 3 rings (SSSR count). The van der Waals surface area contributed by atoms with Gasteiger partial charge in [-0.3, -0.25) is 4.79 Å². The largest absolute Gasteiger partial charge is 0.487 e. The first-order chi connectivity index (χ1) is 13.6. The van der Waals surface area contributed by atoms with Gasteiger partial charge >= 0.3 is 0 Å². The van der Waals surface area contributed by atoms with Crippen LogP contribution in [0.2, 0.25) is 0 Å². The summed E-state index contributed by atoms with van der Waals surface area (Å²) < 4.78 is 10.8. The third-order valence-electron chi connectivity index (χ3n) is 3.87. The summed E-state index contributed by atoms with van der Waals surface area (Å²) in [6.07, 6.45) is 3.28. The molecule has 0 aliphatic heterocycles. The lowest BCUT2D eigenvalue weighted by molar-refractivity contribution is -0.111. The number of hydrogen-bond donors (Lipinski definition) is 1. The minimum absolute atomic E-state index is 0.186. The fraction of sp³-hybridized carbons (Fsp3) is 0.182. The van der Waals surface area contributed by atoms with Crippen LogP contribution in [0.4, 0.5) is 5.69 Å². The van der Waals surface area contributed by atoms with Gasteiger partial charge in [-0.1, -0.05) is 24.3 Å². The quantitative estimate of drug-likeness (QED) is 0.556. The van der Waals surface area contributed by atoms with Crippen molar-refractivity contribution in [3.05, 3.63) is 81.8 Å². The molecule has 0 spiro atoms. The van der Waals surface area contributed by atoms with E-state index in [1.54, 1.807) is 24.5 Å². The molecule has 28 heavy (non-hydrogen) atoms. The molecule has 2 aromatic carbocycles. The Hall–Kier alpha value is -2.96. The minimum Gasteiger partial charge on any atom is -0.487 e. The Labute approximate surface area is 168 Å². The van der Waals surface area contributed by atoms with Crippen LogP contribution in [0, 0.1) is 6.92 Å². The first-order valence-corrected chi connectivity index (χ1v) is 9.71. The predicted octanol–water partition coefficient (Wildman–Crippen LogP) is 4.83. The zero-order chi connectivity index (χ0) is 19.8. The van der Waals surface area contributed by atoms with Gasteiger partial charge in [-0.05, 0) is 48.4 Å². The second kappa shape index (κ2) is 9.82. The molecule has 0 aliphatic rings. The molecule has 0 unspecified atom stereocenters. The second-order valence-corrected chi connectivity index (χ2v) is 7.23. The van der Waals surface area contributed by atoms with Gasteiger partial charge in [0, 0.05) is 24.3 Å². The van der Waals surface area contributed by atoms with Gasteiger partial charge in [-0.25, -0.2) is 4.98 Å². The summed E-state index contributed by atoms with van der Waals surface area (Å²) in [6, 6.07) is 15.2. The van der Waals surface area contributed by atoms with Crippen LogP contribution in [0.3, 0.4) is 0 Å². The molecule has 0 saturated heterocycles. The van der Waals surface area contributed by atoms with Crippen molar-refractivity contribution >= 4 is 29.0 Å². The Morgan fingerprint density at radius 1 is 1.18 bits per heavy atom. The van der Waals surface area contributed by atoms with E-state index in [0.717, 1.165) is 33.3 Å². The molecule has 0 aliphatic carbocycles. The van der Waals surface area contributed by atoms with Crippen molar-refractivity contribution in [2.75, 3.05) is 12.4 Å². The lowest BCUT2D eigenvalue weighted by Crippen LogP contribution is -2.08. The fourth-order valence-electron chi connectivity index (χ4n) is 2.57. The molecule has 6 heteroatoms. The molecular weight excluding hydrogens is 372 g/mol. The molecular formula is C22H22N2O3S. The SMILES string of the molecule is COCc1cccc(NC(=O)/C=C/c2ccc(OCc3csc(C)n3)cc2)c1. The van der Waals surface area contributed by atoms with E-state index in [4.69, 9.17) is 9.47 Å². The Kier molecular flexibility index (Phi) is 6.94. The van der Waals surface area contributed by atoms with E-state index in [-0.39, 0.29) is 5.91 Å². The van der Waals surface area contributed by atoms with Crippen molar-refractivity contribution in [3.63, 3.8) is 0 Å². The molecule has 1 heterocycles. The number of benzene rings is 2. The summed E-state index contributed by atoms with van der Waals surface area (Å²) in [6.45, 7) is 2.93. The van der Waals surface area contributed by atoms with Crippen LogP contribution in [-0.2, 0) is 22.7 Å². The third kappa shape index (κ3) is 6.04. The van der Waals surface area contributed by atoms with Crippen LogP contribution in [-0.4, -0.2) is 18.0 Å². The van der Waals surface area contributed by atoms with Gasteiger partial charge < -0.3 is 14.8 Å². The van der Waals surface area contributed by atoms with Gasteiger partial charge in [0.2, 0.25) is 5.91 Å². The number of carbonyl (C=O) groups excluding carboxylic acids is 1. The monoisotopic (exact) mass is 394 g/mol. The highest BCUT2D eigenvalue weighted by molar-refractivity contribution is 7.09. The Morgan fingerprint density at radius 2 is 2.00 bits per heavy atom. The number of amides is 1. The number of methoxy groups -OCH3 is 1. The van der Waals surface area contributed by atoms with E-state index < -0.39 is 0 Å². The van der Waals surface area contributed by atoms with Crippen molar-refractivity contribution in [3.8, 4) is 5.75 Å². The standard InChI is InChI=1S/C22H22N2O3S/c1-16-23-20(15-28-16)14-27-21-9-6-17(7-10-21)8-11-22(25)24-19-5-3-4-18(12-19)13-26-2/h3-12,15H,13-14H2,1-2H3,(H,24,25)/b11-8+. The third-order valence-corrected chi connectivity index (χ3v) is 4.69. The smallest absolute Gasteiger partial charge is 0.248 e. The van der Waals surface area contributed by atoms with Gasteiger partial charge in [0.15, 0.2) is 0 Å². The summed E-state index contributed by atoms with van der Waals surface area (Å²) in [7, 11) is 1.64. The Bertz CT molecular complexity index is 948. The number of ether oxygens (including phenoxy) is 2. The zero-order valence-corrected chi connectivity index (χ0v) is 16.7. The van der Waals surface area contributed by atoms with E-state index in [1.807, 2.05) is 60.8 Å². The maximum absolute atomic E-state index is 12.1. The van der Waals surface area contributed by atoms with Crippen molar-refractivity contribution in [2.24, 2.45) is 0 Å². The molecule has 0 atom stereocenters. The van der Waals surface area contributed by atoms with E-state index in [9.17, 15) is 4.79 Å². The molecule has 0 radical (unpaired) electrons. The second-order valence-electron chi connectivity index (χ2n) is 6.17. The lowest BCUT2D eigenvalue weighted by atomic mass is 10.2. The summed E-state index contributed by atoms with van der Waals surface area (Å²) in [4.78, 5) is 16.5. The molecule has 3 aromatic rings. The first kappa shape index (κ1) is 19.8. The Morgan fingerprint density at radius 3 is 2.71 bits per heavy atom. The molecule has 5 nitrogen and oxygen atoms in total. The topological polar surface area (TPSA) is 60.5 Å². The van der Waals surface area contributed by atoms with Crippen LogP contribution >= 0.6 is 11.3 Å². The van der Waals surface area contributed by atoms with Crippen LogP contribution < -0.4 is 10.1 Å². The molecule has 144 valence electrons. The lowest BCUT2D eigenvalue weighted by Gasteiger charge is -2.05. The van der Waals surface area contributed by atoms with E-state index in [2.05, 4.69) is 10.3 Å². The van der Waals surface area contributed by atoms with Crippen molar-refractivity contribution in [2.45, 2.75) is 20.1 Å². The molecule has 0 saturated carbocycles. The number of aromatic nitrogens is 1. The van der Waals surface area contributed by atoms with Gasteiger partial charge in [0.05, 0.1) is 17.3 Å². The average molecular weight is 394 g/mol. The molecule has 1 N–H and O–H groups in total. The number of carbonyl (C=O) groups is 1. The van der Waals surface area contributed by atoms with Crippen molar-refractivity contribution in [1.29, 1.82) is 0 Å². The highest BCUT2D eigenvalue weighted by Gasteiger charge is 2.01. The number of nitrogens with zero attached hydrogens (tertiary/aromatic N) is 1. The molecule has 0 bridgehead atoms. The normalized spacial score (nSPS) is 10.9. The number of thiazole rings is 1. The number of rotatable bonds is 8.